The van der Waals surface area contributed by atoms with Gasteiger partial charge in [0, 0.05) is 41.1 Å². The predicted octanol–water partition coefficient (Wildman–Crippen LogP) is 3.89. The molecule has 3 aromatic rings. The van der Waals surface area contributed by atoms with Crippen LogP contribution in [0.4, 0.5) is 5.82 Å². The number of pyridine rings is 1. The molecule has 0 aliphatic heterocycles. The first-order valence-corrected chi connectivity index (χ1v) is 9.23. The second-order valence-corrected chi connectivity index (χ2v) is 7.24. The Labute approximate surface area is 161 Å². The van der Waals surface area contributed by atoms with E-state index in [2.05, 4.69) is 60.0 Å². The molecule has 1 N–H and O–H groups in total. The lowest BCUT2D eigenvalue weighted by atomic mass is 10.1. The SMILES string of the molecule is Cc1nc(-c2ccc(N(C)CCc3ccc(Br)cc3)nc2)[nH]c(=O)c1C. The summed E-state index contributed by atoms with van der Waals surface area (Å²) in [5.74, 6) is 1.44. The smallest absolute Gasteiger partial charge is 0.254 e. The fraction of sp³-hybridized carbons (Fsp3) is 0.250. The first kappa shape index (κ1) is 18.3. The van der Waals surface area contributed by atoms with E-state index in [1.165, 1.54) is 5.56 Å². The Kier molecular flexibility index (Phi) is 5.52. The average molecular weight is 413 g/mol. The Morgan fingerprint density at radius 1 is 1.12 bits per heavy atom. The van der Waals surface area contributed by atoms with E-state index in [4.69, 9.17) is 0 Å². The molecule has 0 aliphatic rings. The lowest BCUT2D eigenvalue weighted by molar-refractivity contribution is 0.859. The summed E-state index contributed by atoms with van der Waals surface area (Å²) in [6.07, 6.45) is 2.69. The van der Waals surface area contributed by atoms with Crippen LogP contribution in [-0.4, -0.2) is 28.5 Å². The van der Waals surface area contributed by atoms with Gasteiger partial charge in [-0.05, 0) is 50.1 Å². The van der Waals surface area contributed by atoms with E-state index in [1.54, 1.807) is 13.1 Å². The number of aromatic nitrogens is 3. The van der Waals surface area contributed by atoms with Crippen LogP contribution in [0, 0.1) is 13.8 Å². The molecule has 134 valence electrons. The molecule has 2 heterocycles. The van der Waals surface area contributed by atoms with Crippen molar-refractivity contribution in [3.63, 3.8) is 0 Å². The highest BCUT2D eigenvalue weighted by atomic mass is 79.9. The fourth-order valence-electron chi connectivity index (χ4n) is 2.60. The van der Waals surface area contributed by atoms with Crippen LogP contribution in [0.25, 0.3) is 11.4 Å². The van der Waals surface area contributed by atoms with Crippen molar-refractivity contribution in [2.75, 3.05) is 18.5 Å². The third kappa shape index (κ3) is 4.19. The number of aromatic amines is 1. The Bertz CT molecular complexity index is 949. The number of anilines is 1. The molecule has 0 amide bonds. The summed E-state index contributed by atoms with van der Waals surface area (Å²) in [4.78, 5) is 25.8. The first-order chi connectivity index (χ1) is 12.4. The Balaban J connectivity index is 1.70. The summed E-state index contributed by atoms with van der Waals surface area (Å²) < 4.78 is 1.09. The quantitative estimate of drug-likeness (QED) is 0.690. The van der Waals surface area contributed by atoms with Crippen molar-refractivity contribution in [3.8, 4) is 11.4 Å². The summed E-state index contributed by atoms with van der Waals surface area (Å²) in [6.45, 7) is 4.48. The largest absolute Gasteiger partial charge is 0.359 e. The first-order valence-electron chi connectivity index (χ1n) is 8.43. The van der Waals surface area contributed by atoms with Crippen LogP contribution in [0.1, 0.15) is 16.8 Å². The van der Waals surface area contributed by atoms with Crippen molar-refractivity contribution < 1.29 is 0 Å². The minimum absolute atomic E-state index is 0.108. The zero-order valence-corrected chi connectivity index (χ0v) is 16.7. The van der Waals surface area contributed by atoms with Gasteiger partial charge in [0.1, 0.15) is 11.6 Å². The van der Waals surface area contributed by atoms with Gasteiger partial charge in [0.2, 0.25) is 0 Å². The molecule has 0 saturated heterocycles. The minimum Gasteiger partial charge on any atom is -0.359 e. The lowest BCUT2D eigenvalue weighted by Gasteiger charge is -2.18. The van der Waals surface area contributed by atoms with Crippen molar-refractivity contribution >= 4 is 21.7 Å². The minimum atomic E-state index is -0.108. The highest BCUT2D eigenvalue weighted by molar-refractivity contribution is 9.10. The molecular formula is C20H21BrN4O. The van der Waals surface area contributed by atoms with Gasteiger partial charge in [0.25, 0.3) is 5.56 Å². The predicted molar refractivity (Wildman–Crippen MR) is 109 cm³/mol. The Morgan fingerprint density at radius 2 is 1.85 bits per heavy atom. The molecule has 3 rings (SSSR count). The molecule has 0 aliphatic carbocycles. The van der Waals surface area contributed by atoms with Gasteiger partial charge in [-0.1, -0.05) is 28.1 Å². The molecule has 0 fully saturated rings. The third-order valence-corrected chi connectivity index (χ3v) is 4.98. The Morgan fingerprint density at radius 3 is 2.46 bits per heavy atom. The zero-order chi connectivity index (χ0) is 18.7. The van der Waals surface area contributed by atoms with E-state index in [0.29, 0.717) is 11.4 Å². The van der Waals surface area contributed by atoms with E-state index in [0.717, 1.165) is 34.5 Å². The number of nitrogens with one attached hydrogen (secondary N) is 1. The van der Waals surface area contributed by atoms with Gasteiger partial charge in [-0.3, -0.25) is 4.79 Å². The normalized spacial score (nSPS) is 10.8. The van der Waals surface area contributed by atoms with Crippen molar-refractivity contribution in [1.29, 1.82) is 0 Å². The zero-order valence-electron chi connectivity index (χ0n) is 15.1. The number of hydrogen-bond acceptors (Lipinski definition) is 4. The second kappa shape index (κ2) is 7.83. The summed E-state index contributed by atoms with van der Waals surface area (Å²) in [5.41, 5.74) is 3.36. The number of likely N-dealkylation sites (N-methyl/N-ethyl adjacent to an activating group) is 1. The number of hydrogen-bond donors (Lipinski definition) is 1. The molecule has 0 bridgehead atoms. The van der Waals surface area contributed by atoms with Crippen LogP contribution in [0.15, 0.2) is 51.9 Å². The molecule has 0 radical (unpaired) electrons. The summed E-state index contributed by atoms with van der Waals surface area (Å²) >= 11 is 3.45. The van der Waals surface area contributed by atoms with Gasteiger partial charge < -0.3 is 9.88 Å². The number of rotatable bonds is 5. The van der Waals surface area contributed by atoms with Gasteiger partial charge in [0.15, 0.2) is 0 Å². The lowest BCUT2D eigenvalue weighted by Crippen LogP contribution is -2.21. The van der Waals surface area contributed by atoms with Gasteiger partial charge in [0.05, 0.1) is 0 Å². The maximum Gasteiger partial charge on any atom is 0.254 e. The van der Waals surface area contributed by atoms with Crippen LogP contribution in [-0.2, 0) is 6.42 Å². The number of H-pyrrole nitrogens is 1. The molecular weight excluding hydrogens is 392 g/mol. The molecule has 6 heteroatoms. The summed E-state index contributed by atoms with van der Waals surface area (Å²) in [5, 5.41) is 0. The fourth-order valence-corrected chi connectivity index (χ4v) is 2.86. The highest BCUT2D eigenvalue weighted by Crippen LogP contribution is 2.18. The molecule has 0 saturated carbocycles. The summed E-state index contributed by atoms with van der Waals surface area (Å²) in [7, 11) is 2.02. The topological polar surface area (TPSA) is 61.9 Å². The number of aryl methyl sites for hydroxylation is 1. The van der Waals surface area contributed by atoms with Crippen molar-refractivity contribution in [1.82, 2.24) is 15.0 Å². The summed E-state index contributed by atoms with van der Waals surface area (Å²) in [6, 6.07) is 12.2. The number of halogens is 1. The molecule has 2 aromatic heterocycles. The molecule has 0 unspecified atom stereocenters. The second-order valence-electron chi connectivity index (χ2n) is 6.33. The maximum atomic E-state index is 11.9. The van der Waals surface area contributed by atoms with Crippen LogP contribution in [0.5, 0.6) is 0 Å². The van der Waals surface area contributed by atoms with E-state index in [1.807, 2.05) is 26.1 Å². The van der Waals surface area contributed by atoms with Crippen LogP contribution < -0.4 is 10.5 Å². The van der Waals surface area contributed by atoms with E-state index in [9.17, 15) is 4.79 Å². The van der Waals surface area contributed by atoms with Crippen molar-refractivity contribution in [2.45, 2.75) is 20.3 Å². The number of nitrogens with zero attached hydrogens (tertiary/aromatic N) is 3. The maximum absolute atomic E-state index is 11.9. The average Bonchev–Trinajstić information content (AvgIpc) is 2.65. The molecule has 5 nitrogen and oxygen atoms in total. The van der Waals surface area contributed by atoms with Crippen LogP contribution in [0.2, 0.25) is 0 Å². The van der Waals surface area contributed by atoms with E-state index in [-0.39, 0.29) is 5.56 Å². The molecule has 0 atom stereocenters. The van der Waals surface area contributed by atoms with Gasteiger partial charge in [-0.15, -0.1) is 0 Å². The molecule has 1 aromatic carbocycles. The third-order valence-electron chi connectivity index (χ3n) is 4.46. The van der Waals surface area contributed by atoms with E-state index >= 15 is 0 Å². The van der Waals surface area contributed by atoms with Gasteiger partial charge in [-0.25, -0.2) is 9.97 Å². The van der Waals surface area contributed by atoms with Gasteiger partial charge >= 0.3 is 0 Å². The van der Waals surface area contributed by atoms with E-state index < -0.39 is 0 Å². The molecule has 0 spiro atoms. The van der Waals surface area contributed by atoms with Gasteiger partial charge in [-0.2, -0.15) is 0 Å². The number of benzene rings is 1. The Hall–Kier alpha value is -2.47. The van der Waals surface area contributed by atoms with Crippen LogP contribution >= 0.6 is 15.9 Å². The molecule has 26 heavy (non-hydrogen) atoms. The monoisotopic (exact) mass is 412 g/mol. The standard InChI is InChI=1S/C20H21BrN4O/c1-13-14(2)23-19(24-20(13)26)16-6-9-18(22-12-16)25(3)11-10-15-4-7-17(21)8-5-15/h4-9,12H,10-11H2,1-3H3,(H,23,24,26). The van der Waals surface area contributed by atoms with Crippen molar-refractivity contribution in [3.05, 3.63) is 74.2 Å². The van der Waals surface area contributed by atoms with Crippen LogP contribution in [0.3, 0.4) is 0 Å². The highest BCUT2D eigenvalue weighted by Gasteiger charge is 2.08. The van der Waals surface area contributed by atoms with Crippen molar-refractivity contribution in [2.24, 2.45) is 0 Å².